The number of carbonyl (C=O) groups is 1. The Balaban J connectivity index is 1.72. The van der Waals surface area contributed by atoms with Crippen molar-refractivity contribution in [1.82, 2.24) is 14.9 Å². The molecular formula is C21H21N3O2. The number of aromatic amines is 1. The number of carbonyl (C=O) groups excluding carboxylic acids is 1. The van der Waals surface area contributed by atoms with Crippen LogP contribution in [0.4, 0.5) is 0 Å². The molecule has 0 radical (unpaired) electrons. The number of ether oxygens (including phenoxy) is 1. The Labute approximate surface area is 152 Å². The third-order valence-corrected chi connectivity index (χ3v) is 4.91. The average molecular weight is 347 g/mol. The molecular weight excluding hydrogens is 326 g/mol. The zero-order chi connectivity index (χ0) is 17.9. The molecule has 1 amide bonds. The maximum absolute atomic E-state index is 12.9. The normalized spacial score (nSPS) is 16.7. The standard InChI is InChI=1S/C21H21N3O2/c1-26-16-7-4-6-15(14-16)17-8-2-3-9-18(17)19-10-5-13-24(19)21(25)20-22-11-12-23-20/h2-4,6-9,11-12,14,19H,5,10,13H2,1H3,(H,22,23). The molecule has 1 fully saturated rings. The zero-order valence-electron chi connectivity index (χ0n) is 14.7. The van der Waals surface area contributed by atoms with E-state index in [4.69, 9.17) is 4.74 Å². The zero-order valence-corrected chi connectivity index (χ0v) is 14.7. The molecule has 0 spiro atoms. The molecule has 5 heteroatoms. The summed E-state index contributed by atoms with van der Waals surface area (Å²) < 4.78 is 5.37. The molecule has 5 nitrogen and oxygen atoms in total. The molecule has 26 heavy (non-hydrogen) atoms. The number of rotatable bonds is 4. The Bertz CT molecular complexity index is 905. The molecule has 0 saturated carbocycles. The molecule has 1 unspecified atom stereocenters. The number of H-pyrrole nitrogens is 1. The lowest BCUT2D eigenvalue weighted by atomic mass is 9.93. The first kappa shape index (κ1) is 16.4. The highest BCUT2D eigenvalue weighted by atomic mass is 16.5. The summed E-state index contributed by atoms with van der Waals surface area (Å²) in [6, 6.07) is 16.4. The summed E-state index contributed by atoms with van der Waals surface area (Å²) in [5.41, 5.74) is 3.39. The fourth-order valence-electron chi connectivity index (χ4n) is 3.69. The summed E-state index contributed by atoms with van der Waals surface area (Å²) in [6.45, 7) is 0.747. The lowest BCUT2D eigenvalue weighted by Crippen LogP contribution is -2.31. The van der Waals surface area contributed by atoms with E-state index in [1.807, 2.05) is 35.2 Å². The highest BCUT2D eigenvalue weighted by Crippen LogP contribution is 2.38. The number of amides is 1. The van der Waals surface area contributed by atoms with Crippen LogP contribution in [0.5, 0.6) is 5.75 Å². The van der Waals surface area contributed by atoms with Gasteiger partial charge in [-0.25, -0.2) is 4.98 Å². The number of nitrogens with zero attached hydrogens (tertiary/aromatic N) is 2. The molecule has 1 aliphatic heterocycles. The first-order chi connectivity index (χ1) is 12.8. The van der Waals surface area contributed by atoms with E-state index in [0.717, 1.165) is 41.8 Å². The van der Waals surface area contributed by atoms with Gasteiger partial charge in [-0.15, -0.1) is 0 Å². The number of benzene rings is 2. The van der Waals surface area contributed by atoms with Crippen molar-refractivity contribution in [3.63, 3.8) is 0 Å². The first-order valence-electron chi connectivity index (χ1n) is 8.81. The van der Waals surface area contributed by atoms with E-state index in [1.165, 1.54) is 0 Å². The number of imidazole rings is 1. The molecule has 2 aromatic carbocycles. The van der Waals surface area contributed by atoms with Gasteiger partial charge in [0.15, 0.2) is 5.82 Å². The number of nitrogens with one attached hydrogen (secondary N) is 1. The third kappa shape index (κ3) is 2.96. The Morgan fingerprint density at radius 3 is 2.92 bits per heavy atom. The molecule has 132 valence electrons. The monoisotopic (exact) mass is 347 g/mol. The Morgan fingerprint density at radius 2 is 2.12 bits per heavy atom. The van der Waals surface area contributed by atoms with E-state index < -0.39 is 0 Å². The van der Waals surface area contributed by atoms with Gasteiger partial charge in [0, 0.05) is 18.9 Å². The van der Waals surface area contributed by atoms with Gasteiger partial charge in [0.2, 0.25) is 0 Å². The molecule has 1 atom stereocenters. The number of hydrogen-bond acceptors (Lipinski definition) is 3. The predicted molar refractivity (Wildman–Crippen MR) is 100 cm³/mol. The fourth-order valence-corrected chi connectivity index (χ4v) is 3.69. The van der Waals surface area contributed by atoms with Gasteiger partial charge < -0.3 is 14.6 Å². The van der Waals surface area contributed by atoms with E-state index in [9.17, 15) is 4.79 Å². The van der Waals surface area contributed by atoms with Crippen molar-refractivity contribution in [3.05, 3.63) is 72.3 Å². The molecule has 3 aromatic rings. The maximum Gasteiger partial charge on any atom is 0.290 e. The van der Waals surface area contributed by atoms with Crippen LogP contribution in [-0.4, -0.2) is 34.4 Å². The second-order valence-electron chi connectivity index (χ2n) is 6.41. The number of likely N-dealkylation sites (tertiary alicyclic amines) is 1. The van der Waals surface area contributed by atoms with Crippen molar-refractivity contribution in [2.45, 2.75) is 18.9 Å². The molecule has 4 rings (SSSR count). The third-order valence-electron chi connectivity index (χ3n) is 4.91. The van der Waals surface area contributed by atoms with E-state index in [1.54, 1.807) is 19.5 Å². The van der Waals surface area contributed by atoms with Crippen LogP contribution >= 0.6 is 0 Å². The number of hydrogen-bond donors (Lipinski definition) is 1. The van der Waals surface area contributed by atoms with Gasteiger partial charge in [-0.05, 0) is 41.7 Å². The van der Waals surface area contributed by atoms with Gasteiger partial charge in [-0.1, -0.05) is 36.4 Å². The van der Waals surface area contributed by atoms with Crippen LogP contribution in [-0.2, 0) is 0 Å². The van der Waals surface area contributed by atoms with Crippen LogP contribution in [0.25, 0.3) is 11.1 Å². The predicted octanol–water partition coefficient (Wildman–Crippen LogP) is 4.06. The quantitative estimate of drug-likeness (QED) is 0.774. The fraction of sp³-hybridized carbons (Fsp3) is 0.238. The number of aromatic nitrogens is 2. The maximum atomic E-state index is 12.9. The van der Waals surface area contributed by atoms with E-state index in [0.29, 0.717) is 5.82 Å². The van der Waals surface area contributed by atoms with Crippen LogP contribution in [0.1, 0.15) is 35.1 Å². The van der Waals surface area contributed by atoms with Crippen molar-refractivity contribution >= 4 is 5.91 Å². The lowest BCUT2D eigenvalue weighted by Gasteiger charge is -2.26. The van der Waals surface area contributed by atoms with Crippen molar-refractivity contribution in [2.24, 2.45) is 0 Å². The highest BCUT2D eigenvalue weighted by molar-refractivity contribution is 5.91. The summed E-state index contributed by atoms with van der Waals surface area (Å²) >= 11 is 0. The molecule has 0 aliphatic carbocycles. The van der Waals surface area contributed by atoms with Crippen LogP contribution in [0.15, 0.2) is 60.9 Å². The van der Waals surface area contributed by atoms with Gasteiger partial charge >= 0.3 is 0 Å². The van der Waals surface area contributed by atoms with E-state index in [2.05, 4.69) is 28.2 Å². The minimum atomic E-state index is -0.0436. The van der Waals surface area contributed by atoms with Gasteiger partial charge in [-0.2, -0.15) is 0 Å². The Morgan fingerprint density at radius 1 is 1.23 bits per heavy atom. The van der Waals surface area contributed by atoms with Crippen molar-refractivity contribution in [2.75, 3.05) is 13.7 Å². The first-order valence-corrected chi connectivity index (χ1v) is 8.81. The minimum Gasteiger partial charge on any atom is -0.497 e. The molecule has 1 aromatic heterocycles. The molecule has 1 aliphatic rings. The second kappa shape index (κ2) is 7.04. The van der Waals surface area contributed by atoms with Crippen molar-refractivity contribution in [3.8, 4) is 16.9 Å². The summed E-state index contributed by atoms with van der Waals surface area (Å²) in [4.78, 5) is 21.8. The summed E-state index contributed by atoms with van der Waals surface area (Å²) in [7, 11) is 1.67. The SMILES string of the molecule is COc1cccc(-c2ccccc2C2CCCN2C(=O)c2ncc[nH]2)c1. The van der Waals surface area contributed by atoms with Crippen LogP contribution in [0, 0.1) is 0 Å². The van der Waals surface area contributed by atoms with Gasteiger partial charge in [-0.3, -0.25) is 4.79 Å². The van der Waals surface area contributed by atoms with Crippen LogP contribution in [0.3, 0.4) is 0 Å². The largest absolute Gasteiger partial charge is 0.497 e. The smallest absolute Gasteiger partial charge is 0.290 e. The highest BCUT2D eigenvalue weighted by Gasteiger charge is 2.33. The summed E-state index contributed by atoms with van der Waals surface area (Å²) in [5, 5.41) is 0. The van der Waals surface area contributed by atoms with Gasteiger partial charge in [0.05, 0.1) is 13.2 Å². The van der Waals surface area contributed by atoms with Crippen LogP contribution < -0.4 is 4.74 Å². The molecule has 2 heterocycles. The Kier molecular flexibility index (Phi) is 4.44. The topological polar surface area (TPSA) is 58.2 Å². The molecule has 1 N–H and O–H groups in total. The van der Waals surface area contributed by atoms with Gasteiger partial charge in [0.25, 0.3) is 5.91 Å². The van der Waals surface area contributed by atoms with Crippen LogP contribution in [0.2, 0.25) is 0 Å². The van der Waals surface area contributed by atoms with Crippen molar-refractivity contribution in [1.29, 1.82) is 0 Å². The number of methoxy groups -OCH3 is 1. The summed E-state index contributed by atoms with van der Waals surface area (Å²) in [6.07, 6.45) is 5.24. The second-order valence-corrected chi connectivity index (χ2v) is 6.41. The Hall–Kier alpha value is -3.08. The van der Waals surface area contributed by atoms with Crippen molar-refractivity contribution < 1.29 is 9.53 Å². The molecule has 1 saturated heterocycles. The van der Waals surface area contributed by atoms with Gasteiger partial charge in [0.1, 0.15) is 5.75 Å². The minimum absolute atomic E-state index is 0.0436. The van der Waals surface area contributed by atoms with E-state index >= 15 is 0 Å². The van der Waals surface area contributed by atoms with E-state index in [-0.39, 0.29) is 11.9 Å². The lowest BCUT2D eigenvalue weighted by molar-refractivity contribution is 0.0724. The summed E-state index contributed by atoms with van der Waals surface area (Å²) in [5.74, 6) is 1.18. The average Bonchev–Trinajstić information content (AvgIpc) is 3.39. The molecule has 0 bridgehead atoms.